The van der Waals surface area contributed by atoms with Crippen molar-refractivity contribution in [1.29, 1.82) is 0 Å². The molecule has 2 fully saturated rings. The minimum atomic E-state index is 0.594. The van der Waals surface area contributed by atoms with Crippen LogP contribution in [0.5, 0.6) is 0 Å². The Balaban J connectivity index is 1.81. The molecule has 0 amide bonds. The van der Waals surface area contributed by atoms with E-state index in [2.05, 4.69) is 27.5 Å². The number of nitrogens with one attached hydrogen (secondary N) is 2. The monoisotopic (exact) mass is 219 g/mol. The number of nitrogens with zero attached hydrogens (tertiary/aromatic N) is 1. The molecule has 2 aliphatic heterocycles. The maximum absolute atomic E-state index is 3.67. The van der Waals surface area contributed by atoms with Gasteiger partial charge in [0.25, 0.3) is 0 Å². The van der Waals surface area contributed by atoms with Gasteiger partial charge >= 0.3 is 0 Å². The maximum Gasteiger partial charge on any atom is 0.0516 e. The lowest BCUT2D eigenvalue weighted by Gasteiger charge is -2.32. The number of H-pyrrole nitrogens is 1. The molecule has 0 aromatic carbocycles. The first kappa shape index (κ1) is 10.4. The minimum Gasteiger partial charge on any atom is -0.367 e. The van der Waals surface area contributed by atoms with Gasteiger partial charge in [-0.05, 0) is 56.9 Å². The van der Waals surface area contributed by atoms with Gasteiger partial charge in [-0.1, -0.05) is 0 Å². The summed E-state index contributed by atoms with van der Waals surface area (Å²) in [4.78, 5) is 5.86. The van der Waals surface area contributed by atoms with Gasteiger partial charge in [-0.2, -0.15) is 0 Å². The molecule has 2 atom stereocenters. The summed E-state index contributed by atoms with van der Waals surface area (Å²) >= 11 is 0. The molecule has 0 aliphatic carbocycles. The summed E-state index contributed by atoms with van der Waals surface area (Å²) in [6.45, 7) is 3.74. The van der Waals surface area contributed by atoms with Crippen LogP contribution in [0.1, 0.15) is 37.3 Å². The summed E-state index contributed by atoms with van der Waals surface area (Å²) in [5, 5.41) is 3.67. The molecule has 16 heavy (non-hydrogen) atoms. The van der Waals surface area contributed by atoms with E-state index in [9.17, 15) is 0 Å². The highest BCUT2D eigenvalue weighted by atomic mass is 15.2. The fourth-order valence-electron chi connectivity index (χ4n) is 3.22. The average Bonchev–Trinajstić information content (AvgIpc) is 3.02. The van der Waals surface area contributed by atoms with Crippen molar-refractivity contribution < 1.29 is 0 Å². The van der Waals surface area contributed by atoms with E-state index in [-0.39, 0.29) is 0 Å². The summed E-state index contributed by atoms with van der Waals surface area (Å²) in [6, 6.07) is 3.49. The van der Waals surface area contributed by atoms with Crippen LogP contribution in [0.2, 0.25) is 0 Å². The van der Waals surface area contributed by atoms with E-state index in [0.717, 1.165) is 0 Å². The molecule has 0 radical (unpaired) electrons. The zero-order chi connectivity index (χ0) is 10.8. The summed E-state index contributed by atoms with van der Waals surface area (Å²) in [5.41, 5.74) is 1.46. The molecule has 3 heteroatoms. The summed E-state index contributed by atoms with van der Waals surface area (Å²) < 4.78 is 0. The standard InChI is InChI=1S/C13H21N3/c1-2-9-16(8-1)13(11-5-7-14-10-11)12-4-3-6-15-12/h5,7,10,12-15H,1-4,6,8-9H2. The van der Waals surface area contributed by atoms with Crippen molar-refractivity contribution in [3.63, 3.8) is 0 Å². The predicted molar refractivity (Wildman–Crippen MR) is 65.4 cm³/mol. The fourth-order valence-corrected chi connectivity index (χ4v) is 3.22. The van der Waals surface area contributed by atoms with Gasteiger partial charge in [0.1, 0.15) is 0 Å². The van der Waals surface area contributed by atoms with Gasteiger partial charge in [-0.3, -0.25) is 4.90 Å². The van der Waals surface area contributed by atoms with E-state index >= 15 is 0 Å². The van der Waals surface area contributed by atoms with Crippen LogP contribution in [0.3, 0.4) is 0 Å². The summed E-state index contributed by atoms with van der Waals surface area (Å²) in [7, 11) is 0. The van der Waals surface area contributed by atoms with Crippen molar-refractivity contribution in [3.05, 3.63) is 24.0 Å². The van der Waals surface area contributed by atoms with Crippen LogP contribution in [0.4, 0.5) is 0 Å². The smallest absolute Gasteiger partial charge is 0.0516 e. The lowest BCUT2D eigenvalue weighted by Crippen LogP contribution is -2.39. The highest BCUT2D eigenvalue weighted by Crippen LogP contribution is 2.31. The molecule has 88 valence electrons. The van der Waals surface area contributed by atoms with Crippen molar-refractivity contribution in [2.24, 2.45) is 0 Å². The largest absolute Gasteiger partial charge is 0.367 e. The molecule has 2 unspecified atom stereocenters. The molecule has 0 spiro atoms. The lowest BCUT2D eigenvalue weighted by molar-refractivity contribution is 0.202. The van der Waals surface area contributed by atoms with Crippen LogP contribution in [0, 0.1) is 0 Å². The molecule has 3 nitrogen and oxygen atoms in total. The Hall–Kier alpha value is -0.800. The van der Waals surface area contributed by atoms with Crippen LogP contribution in [0.25, 0.3) is 0 Å². The van der Waals surface area contributed by atoms with Gasteiger partial charge in [-0.15, -0.1) is 0 Å². The van der Waals surface area contributed by atoms with Crippen LogP contribution in [-0.2, 0) is 0 Å². The molecule has 3 rings (SSSR count). The first-order valence-electron chi connectivity index (χ1n) is 6.55. The molecule has 2 aliphatic rings. The van der Waals surface area contributed by atoms with Crippen LogP contribution >= 0.6 is 0 Å². The van der Waals surface area contributed by atoms with Crippen LogP contribution < -0.4 is 5.32 Å². The van der Waals surface area contributed by atoms with Gasteiger partial charge in [0.15, 0.2) is 0 Å². The number of hydrogen-bond donors (Lipinski definition) is 2. The Morgan fingerprint density at radius 3 is 2.75 bits per heavy atom. The van der Waals surface area contributed by atoms with E-state index in [1.807, 2.05) is 6.20 Å². The molecule has 2 N–H and O–H groups in total. The number of aromatic amines is 1. The van der Waals surface area contributed by atoms with Gasteiger partial charge < -0.3 is 10.3 Å². The second-order valence-corrected chi connectivity index (χ2v) is 5.04. The molecule has 2 saturated heterocycles. The molecular weight excluding hydrogens is 198 g/mol. The quantitative estimate of drug-likeness (QED) is 0.813. The van der Waals surface area contributed by atoms with E-state index in [0.29, 0.717) is 12.1 Å². The minimum absolute atomic E-state index is 0.594. The van der Waals surface area contributed by atoms with Crippen LogP contribution in [-0.4, -0.2) is 35.6 Å². The van der Waals surface area contributed by atoms with Gasteiger partial charge in [0, 0.05) is 18.4 Å². The zero-order valence-electron chi connectivity index (χ0n) is 9.78. The Kier molecular flexibility index (Phi) is 2.98. The maximum atomic E-state index is 3.67. The molecule has 0 bridgehead atoms. The number of aromatic nitrogens is 1. The number of likely N-dealkylation sites (tertiary alicyclic amines) is 1. The molecule has 1 aromatic rings. The second kappa shape index (κ2) is 4.60. The molecule has 0 saturated carbocycles. The predicted octanol–water partition coefficient (Wildman–Crippen LogP) is 1.90. The van der Waals surface area contributed by atoms with Crippen molar-refractivity contribution in [2.75, 3.05) is 19.6 Å². The summed E-state index contributed by atoms with van der Waals surface area (Å²) in [6.07, 6.45) is 9.61. The zero-order valence-corrected chi connectivity index (χ0v) is 9.78. The van der Waals surface area contributed by atoms with E-state index < -0.39 is 0 Å². The van der Waals surface area contributed by atoms with Crippen molar-refractivity contribution in [3.8, 4) is 0 Å². The highest BCUT2D eigenvalue weighted by Gasteiger charge is 2.32. The number of rotatable bonds is 3. The topological polar surface area (TPSA) is 31.1 Å². The van der Waals surface area contributed by atoms with Crippen molar-refractivity contribution >= 4 is 0 Å². The van der Waals surface area contributed by atoms with Gasteiger partial charge in [0.2, 0.25) is 0 Å². The Morgan fingerprint density at radius 2 is 2.12 bits per heavy atom. The highest BCUT2D eigenvalue weighted by molar-refractivity contribution is 5.17. The summed E-state index contributed by atoms with van der Waals surface area (Å²) in [5.74, 6) is 0. The first-order chi connectivity index (χ1) is 7.95. The third kappa shape index (κ3) is 1.89. The average molecular weight is 219 g/mol. The molecular formula is C13H21N3. The van der Waals surface area contributed by atoms with E-state index in [4.69, 9.17) is 0 Å². The Labute approximate surface area is 97.2 Å². The van der Waals surface area contributed by atoms with E-state index in [1.165, 1.54) is 50.9 Å². The van der Waals surface area contributed by atoms with Gasteiger partial charge in [0.05, 0.1) is 6.04 Å². The number of hydrogen-bond acceptors (Lipinski definition) is 2. The molecule has 3 heterocycles. The third-order valence-corrected chi connectivity index (χ3v) is 3.98. The SMILES string of the molecule is c1cc(C(C2CCCN2)N2CCCC2)c[nH]1. The first-order valence-corrected chi connectivity index (χ1v) is 6.55. The normalized spacial score (nSPS) is 28.6. The Morgan fingerprint density at radius 1 is 1.25 bits per heavy atom. The third-order valence-electron chi connectivity index (χ3n) is 3.98. The molecule has 1 aromatic heterocycles. The van der Waals surface area contributed by atoms with Crippen LogP contribution in [0.15, 0.2) is 18.5 Å². The van der Waals surface area contributed by atoms with Crippen molar-refractivity contribution in [1.82, 2.24) is 15.2 Å². The van der Waals surface area contributed by atoms with Gasteiger partial charge in [-0.25, -0.2) is 0 Å². The second-order valence-electron chi connectivity index (χ2n) is 5.04. The van der Waals surface area contributed by atoms with Crippen molar-refractivity contribution in [2.45, 2.75) is 37.8 Å². The van der Waals surface area contributed by atoms with E-state index in [1.54, 1.807) is 0 Å². The Bertz CT molecular complexity index is 292. The fraction of sp³-hybridized carbons (Fsp3) is 0.692. The lowest BCUT2D eigenvalue weighted by atomic mass is 9.99.